The van der Waals surface area contributed by atoms with Crippen LogP contribution in [0.25, 0.3) is 5.69 Å². The lowest BCUT2D eigenvalue weighted by Crippen LogP contribution is -2.48. The number of carbonyl (C=O) groups excluding carboxylic acids is 1. The molecule has 0 saturated carbocycles. The molecule has 0 unspecified atom stereocenters. The van der Waals surface area contributed by atoms with Crippen LogP contribution < -0.4 is 0 Å². The second-order valence-corrected chi connectivity index (χ2v) is 8.16. The summed E-state index contributed by atoms with van der Waals surface area (Å²) in [5, 5.41) is 0.939. The predicted molar refractivity (Wildman–Crippen MR) is 118 cm³/mol. The van der Waals surface area contributed by atoms with Crippen molar-refractivity contribution >= 4 is 17.7 Å². The Morgan fingerprint density at radius 2 is 1.83 bits per heavy atom. The van der Waals surface area contributed by atoms with Crippen molar-refractivity contribution in [3.05, 3.63) is 77.6 Å². The van der Waals surface area contributed by atoms with Gasteiger partial charge in [-0.1, -0.05) is 41.6 Å². The summed E-state index contributed by atoms with van der Waals surface area (Å²) in [5.74, 6) is 0.113. The number of hydrogen-bond acceptors (Lipinski definition) is 4. The molecule has 2 heterocycles. The lowest BCUT2D eigenvalue weighted by molar-refractivity contribution is 0.0628. The molecule has 2 aromatic carbocycles. The van der Waals surface area contributed by atoms with E-state index in [1.54, 1.807) is 18.0 Å². The van der Waals surface area contributed by atoms with Crippen LogP contribution in [0.2, 0.25) is 0 Å². The van der Waals surface area contributed by atoms with Crippen molar-refractivity contribution in [1.29, 1.82) is 0 Å². The second kappa shape index (κ2) is 8.84. The summed E-state index contributed by atoms with van der Waals surface area (Å²) in [5.41, 5.74) is 4.39. The monoisotopic (exact) mass is 406 g/mol. The van der Waals surface area contributed by atoms with E-state index in [1.165, 1.54) is 11.1 Å². The van der Waals surface area contributed by atoms with Crippen molar-refractivity contribution in [1.82, 2.24) is 19.4 Å². The van der Waals surface area contributed by atoms with Crippen LogP contribution in [0.15, 0.2) is 66.1 Å². The number of aryl methyl sites for hydroxylation is 1. The highest BCUT2D eigenvalue weighted by molar-refractivity contribution is 7.98. The molecule has 0 atom stereocenters. The van der Waals surface area contributed by atoms with Crippen LogP contribution in [-0.4, -0.2) is 57.7 Å². The number of carbonyl (C=O) groups is 1. The van der Waals surface area contributed by atoms with Crippen LogP contribution >= 0.6 is 11.8 Å². The predicted octanol–water partition coefficient (Wildman–Crippen LogP) is 3.86. The van der Waals surface area contributed by atoms with E-state index in [0.717, 1.165) is 49.1 Å². The first-order valence-corrected chi connectivity index (χ1v) is 11.1. The number of aromatic nitrogens is 2. The molecule has 1 fully saturated rings. The van der Waals surface area contributed by atoms with Crippen LogP contribution in [0, 0.1) is 6.92 Å². The summed E-state index contributed by atoms with van der Waals surface area (Å²) < 4.78 is 2.03. The molecule has 1 amide bonds. The molecule has 1 saturated heterocycles. The zero-order valence-electron chi connectivity index (χ0n) is 16.9. The zero-order valence-corrected chi connectivity index (χ0v) is 17.7. The van der Waals surface area contributed by atoms with Crippen LogP contribution in [0.1, 0.15) is 21.5 Å². The van der Waals surface area contributed by atoms with Crippen molar-refractivity contribution in [3.63, 3.8) is 0 Å². The third-order valence-corrected chi connectivity index (χ3v) is 6.00. The van der Waals surface area contributed by atoms with Gasteiger partial charge < -0.3 is 4.90 Å². The van der Waals surface area contributed by atoms with Crippen molar-refractivity contribution in [2.24, 2.45) is 0 Å². The molecule has 0 aliphatic carbocycles. The fourth-order valence-corrected chi connectivity index (χ4v) is 4.29. The summed E-state index contributed by atoms with van der Waals surface area (Å²) in [4.78, 5) is 21.6. The molecule has 5 nitrogen and oxygen atoms in total. The quantitative estimate of drug-likeness (QED) is 0.604. The Morgan fingerprint density at radius 1 is 1.07 bits per heavy atom. The Hall–Kier alpha value is -2.57. The SMILES string of the molecule is CSc1nccn1-c1ccc(C(=O)N2CCN(Cc3cccc(C)c3)CC2)cc1. The van der Waals surface area contributed by atoms with E-state index in [2.05, 4.69) is 41.1 Å². The molecule has 0 N–H and O–H groups in total. The molecule has 29 heavy (non-hydrogen) atoms. The Morgan fingerprint density at radius 3 is 2.52 bits per heavy atom. The number of imidazole rings is 1. The average Bonchev–Trinajstić information content (AvgIpc) is 3.23. The number of hydrogen-bond donors (Lipinski definition) is 0. The lowest BCUT2D eigenvalue weighted by Gasteiger charge is -2.34. The van der Waals surface area contributed by atoms with Gasteiger partial charge in [0.1, 0.15) is 0 Å². The Balaban J connectivity index is 1.36. The Labute approximate surface area is 176 Å². The highest BCUT2D eigenvalue weighted by Gasteiger charge is 2.22. The molecular weight excluding hydrogens is 380 g/mol. The number of piperazine rings is 1. The number of amides is 1. The molecule has 3 aromatic rings. The van der Waals surface area contributed by atoms with Crippen LogP contribution in [0.3, 0.4) is 0 Å². The summed E-state index contributed by atoms with van der Waals surface area (Å²) >= 11 is 1.60. The van der Waals surface area contributed by atoms with Gasteiger partial charge in [-0.15, -0.1) is 0 Å². The van der Waals surface area contributed by atoms with Gasteiger partial charge in [0, 0.05) is 56.4 Å². The molecular formula is C23H26N4OS. The first-order chi connectivity index (χ1) is 14.1. The first-order valence-electron chi connectivity index (χ1n) is 9.89. The fraction of sp³-hybridized carbons (Fsp3) is 0.304. The minimum Gasteiger partial charge on any atom is -0.336 e. The summed E-state index contributed by atoms with van der Waals surface area (Å²) in [6.07, 6.45) is 5.74. The van der Waals surface area contributed by atoms with Crippen molar-refractivity contribution in [2.75, 3.05) is 32.4 Å². The smallest absolute Gasteiger partial charge is 0.253 e. The first kappa shape index (κ1) is 19.7. The van der Waals surface area contributed by atoms with E-state index in [4.69, 9.17) is 0 Å². The van der Waals surface area contributed by atoms with Crippen LogP contribution in [-0.2, 0) is 6.54 Å². The third kappa shape index (κ3) is 4.54. The molecule has 1 aromatic heterocycles. The molecule has 1 aliphatic heterocycles. The molecule has 150 valence electrons. The van der Waals surface area contributed by atoms with Gasteiger partial charge in [0.2, 0.25) is 0 Å². The maximum Gasteiger partial charge on any atom is 0.253 e. The number of thioether (sulfide) groups is 1. The lowest BCUT2D eigenvalue weighted by atomic mass is 10.1. The molecule has 0 spiro atoms. The average molecular weight is 407 g/mol. The van der Waals surface area contributed by atoms with Gasteiger partial charge in [0.05, 0.1) is 0 Å². The van der Waals surface area contributed by atoms with Crippen molar-refractivity contribution in [2.45, 2.75) is 18.6 Å². The normalized spacial score (nSPS) is 14.9. The maximum atomic E-state index is 12.9. The van der Waals surface area contributed by atoms with Gasteiger partial charge >= 0.3 is 0 Å². The van der Waals surface area contributed by atoms with Gasteiger partial charge in [0.25, 0.3) is 5.91 Å². The summed E-state index contributed by atoms with van der Waals surface area (Å²) in [6.45, 7) is 6.42. The van der Waals surface area contributed by atoms with E-state index < -0.39 is 0 Å². The van der Waals surface area contributed by atoms with Gasteiger partial charge in [0.15, 0.2) is 5.16 Å². The van der Waals surface area contributed by atoms with E-state index >= 15 is 0 Å². The summed E-state index contributed by atoms with van der Waals surface area (Å²) in [6, 6.07) is 16.5. The third-order valence-electron chi connectivity index (χ3n) is 5.33. The van der Waals surface area contributed by atoms with E-state index in [1.807, 2.05) is 46.2 Å². The molecule has 1 aliphatic rings. The van der Waals surface area contributed by atoms with Crippen molar-refractivity contribution < 1.29 is 4.79 Å². The highest BCUT2D eigenvalue weighted by atomic mass is 32.2. The Kier molecular flexibility index (Phi) is 6.02. The minimum atomic E-state index is 0.113. The van der Waals surface area contributed by atoms with Gasteiger partial charge in [-0.05, 0) is 43.0 Å². The molecule has 4 rings (SSSR count). The standard InChI is InChI=1S/C23H26N4OS/c1-18-4-3-5-19(16-18)17-25-12-14-26(15-13-25)22(28)20-6-8-21(9-7-20)27-11-10-24-23(27)29-2/h3-11,16H,12-15,17H2,1-2H3. The number of rotatable bonds is 5. The van der Waals surface area contributed by atoms with Gasteiger partial charge in [-0.3, -0.25) is 14.3 Å². The topological polar surface area (TPSA) is 41.4 Å². The van der Waals surface area contributed by atoms with Crippen LogP contribution in [0.5, 0.6) is 0 Å². The van der Waals surface area contributed by atoms with E-state index in [9.17, 15) is 4.79 Å². The number of nitrogens with zero attached hydrogens (tertiary/aromatic N) is 4. The highest BCUT2D eigenvalue weighted by Crippen LogP contribution is 2.19. The fourth-order valence-electron chi connectivity index (χ4n) is 3.76. The Bertz CT molecular complexity index is 975. The maximum absolute atomic E-state index is 12.9. The van der Waals surface area contributed by atoms with E-state index in [-0.39, 0.29) is 5.91 Å². The molecule has 0 bridgehead atoms. The van der Waals surface area contributed by atoms with E-state index in [0.29, 0.717) is 0 Å². The van der Waals surface area contributed by atoms with Crippen LogP contribution in [0.4, 0.5) is 0 Å². The zero-order chi connectivity index (χ0) is 20.2. The summed E-state index contributed by atoms with van der Waals surface area (Å²) in [7, 11) is 0. The van der Waals surface area contributed by atoms with Gasteiger partial charge in [-0.25, -0.2) is 4.98 Å². The van der Waals surface area contributed by atoms with Crippen molar-refractivity contribution in [3.8, 4) is 5.69 Å². The second-order valence-electron chi connectivity index (χ2n) is 7.39. The molecule has 6 heteroatoms. The minimum absolute atomic E-state index is 0.113. The van der Waals surface area contributed by atoms with Gasteiger partial charge in [-0.2, -0.15) is 0 Å². The largest absolute Gasteiger partial charge is 0.336 e. The molecule has 0 radical (unpaired) electrons. The number of benzene rings is 2.